The summed E-state index contributed by atoms with van der Waals surface area (Å²) in [6.45, 7) is 1.96. The van der Waals surface area contributed by atoms with Crippen LogP contribution in [0.4, 0.5) is 0 Å². The van der Waals surface area contributed by atoms with Crippen LogP contribution in [0.25, 0.3) is 0 Å². The van der Waals surface area contributed by atoms with Gasteiger partial charge in [0.25, 0.3) is 0 Å². The lowest BCUT2D eigenvalue weighted by atomic mass is 10.2. The van der Waals surface area contributed by atoms with Gasteiger partial charge in [0.1, 0.15) is 11.9 Å². The SMILES string of the molecule is NCc1cccc(OC2COC2)c1. The summed E-state index contributed by atoms with van der Waals surface area (Å²) in [4.78, 5) is 0. The number of hydrogen-bond acceptors (Lipinski definition) is 3. The van der Waals surface area contributed by atoms with E-state index in [2.05, 4.69) is 0 Å². The van der Waals surface area contributed by atoms with Gasteiger partial charge in [0.2, 0.25) is 0 Å². The average Bonchev–Trinajstić information content (AvgIpc) is 2.12. The van der Waals surface area contributed by atoms with Crippen LogP contribution in [-0.2, 0) is 11.3 Å². The van der Waals surface area contributed by atoms with E-state index >= 15 is 0 Å². The van der Waals surface area contributed by atoms with Crippen LogP contribution in [0.5, 0.6) is 5.75 Å². The normalized spacial score (nSPS) is 16.7. The molecule has 0 saturated carbocycles. The molecule has 0 aliphatic carbocycles. The van der Waals surface area contributed by atoms with Gasteiger partial charge in [-0.3, -0.25) is 0 Å². The third-order valence-electron chi connectivity index (χ3n) is 2.04. The van der Waals surface area contributed by atoms with Gasteiger partial charge in [-0.1, -0.05) is 12.1 Å². The fraction of sp³-hybridized carbons (Fsp3) is 0.400. The molecule has 1 fully saturated rings. The second-order valence-electron chi connectivity index (χ2n) is 3.13. The molecule has 3 heteroatoms. The predicted octanol–water partition coefficient (Wildman–Crippen LogP) is 0.923. The van der Waals surface area contributed by atoms with Crippen molar-refractivity contribution in [3.05, 3.63) is 29.8 Å². The quantitative estimate of drug-likeness (QED) is 0.750. The lowest BCUT2D eigenvalue weighted by Gasteiger charge is -2.26. The summed E-state index contributed by atoms with van der Waals surface area (Å²) in [7, 11) is 0. The van der Waals surface area contributed by atoms with Crippen LogP contribution in [0.3, 0.4) is 0 Å². The molecule has 0 unspecified atom stereocenters. The lowest BCUT2D eigenvalue weighted by Crippen LogP contribution is -2.38. The Labute approximate surface area is 77.5 Å². The van der Waals surface area contributed by atoms with Crippen LogP contribution >= 0.6 is 0 Å². The summed E-state index contributed by atoms with van der Waals surface area (Å²) >= 11 is 0. The second kappa shape index (κ2) is 3.77. The summed E-state index contributed by atoms with van der Waals surface area (Å²) in [5.74, 6) is 0.885. The van der Waals surface area contributed by atoms with Gasteiger partial charge in [0, 0.05) is 6.54 Å². The highest BCUT2D eigenvalue weighted by atomic mass is 16.6. The van der Waals surface area contributed by atoms with Gasteiger partial charge >= 0.3 is 0 Å². The Bertz CT molecular complexity index is 284. The first kappa shape index (κ1) is 8.53. The van der Waals surface area contributed by atoms with Gasteiger partial charge in [-0.15, -0.1) is 0 Å². The number of benzene rings is 1. The van der Waals surface area contributed by atoms with Crippen molar-refractivity contribution in [3.8, 4) is 5.75 Å². The van der Waals surface area contributed by atoms with Gasteiger partial charge in [-0.05, 0) is 17.7 Å². The summed E-state index contributed by atoms with van der Waals surface area (Å²) in [5, 5.41) is 0. The van der Waals surface area contributed by atoms with E-state index in [-0.39, 0.29) is 6.10 Å². The molecular formula is C10H13NO2. The van der Waals surface area contributed by atoms with Crippen LogP contribution in [0.2, 0.25) is 0 Å². The number of ether oxygens (including phenoxy) is 2. The average molecular weight is 179 g/mol. The van der Waals surface area contributed by atoms with Crippen molar-refractivity contribution in [2.24, 2.45) is 5.73 Å². The van der Waals surface area contributed by atoms with Crippen molar-refractivity contribution in [2.75, 3.05) is 13.2 Å². The minimum Gasteiger partial charge on any atom is -0.486 e. The Balaban J connectivity index is 2.01. The van der Waals surface area contributed by atoms with Gasteiger partial charge in [-0.25, -0.2) is 0 Å². The van der Waals surface area contributed by atoms with Crippen molar-refractivity contribution < 1.29 is 9.47 Å². The molecule has 0 atom stereocenters. The first-order valence-corrected chi connectivity index (χ1v) is 4.42. The molecule has 0 bridgehead atoms. The number of rotatable bonds is 3. The topological polar surface area (TPSA) is 44.5 Å². The van der Waals surface area contributed by atoms with E-state index in [1.165, 1.54) is 0 Å². The van der Waals surface area contributed by atoms with Crippen LogP contribution in [0.15, 0.2) is 24.3 Å². The van der Waals surface area contributed by atoms with Crippen molar-refractivity contribution in [1.82, 2.24) is 0 Å². The molecule has 1 saturated heterocycles. The zero-order valence-electron chi connectivity index (χ0n) is 7.40. The molecule has 0 spiro atoms. The van der Waals surface area contributed by atoms with E-state index in [1.54, 1.807) is 0 Å². The highest BCUT2D eigenvalue weighted by molar-refractivity contribution is 5.28. The molecule has 0 radical (unpaired) electrons. The maximum absolute atomic E-state index is 5.61. The standard InChI is InChI=1S/C10H13NO2/c11-5-8-2-1-3-9(4-8)13-10-6-12-7-10/h1-4,10H,5-7,11H2. The molecule has 1 aliphatic heterocycles. The maximum Gasteiger partial charge on any atom is 0.145 e. The molecular weight excluding hydrogens is 166 g/mol. The fourth-order valence-corrected chi connectivity index (χ4v) is 1.22. The minimum atomic E-state index is 0.230. The van der Waals surface area contributed by atoms with E-state index in [9.17, 15) is 0 Å². The second-order valence-corrected chi connectivity index (χ2v) is 3.13. The lowest BCUT2D eigenvalue weighted by molar-refractivity contribution is -0.0797. The van der Waals surface area contributed by atoms with Crippen molar-refractivity contribution in [3.63, 3.8) is 0 Å². The van der Waals surface area contributed by atoms with Crippen molar-refractivity contribution >= 4 is 0 Å². The van der Waals surface area contributed by atoms with Crippen LogP contribution in [0, 0.1) is 0 Å². The molecule has 1 aromatic rings. The molecule has 0 aromatic heterocycles. The van der Waals surface area contributed by atoms with Gasteiger partial charge in [0.15, 0.2) is 0 Å². The van der Waals surface area contributed by atoms with E-state index in [1.807, 2.05) is 24.3 Å². The molecule has 2 rings (SSSR count). The van der Waals surface area contributed by atoms with E-state index in [0.717, 1.165) is 11.3 Å². The van der Waals surface area contributed by atoms with Gasteiger partial charge in [-0.2, -0.15) is 0 Å². The Morgan fingerprint density at radius 2 is 2.31 bits per heavy atom. The minimum absolute atomic E-state index is 0.230. The van der Waals surface area contributed by atoms with E-state index in [0.29, 0.717) is 19.8 Å². The Morgan fingerprint density at radius 3 is 2.92 bits per heavy atom. The zero-order chi connectivity index (χ0) is 9.10. The summed E-state index contributed by atoms with van der Waals surface area (Å²) in [6.07, 6.45) is 0.230. The number of hydrogen-bond donors (Lipinski definition) is 1. The predicted molar refractivity (Wildman–Crippen MR) is 49.6 cm³/mol. The monoisotopic (exact) mass is 179 g/mol. The van der Waals surface area contributed by atoms with E-state index in [4.69, 9.17) is 15.2 Å². The molecule has 1 aromatic carbocycles. The van der Waals surface area contributed by atoms with Gasteiger partial charge in [0.05, 0.1) is 13.2 Å². The largest absolute Gasteiger partial charge is 0.486 e. The first-order valence-electron chi connectivity index (χ1n) is 4.42. The first-order chi connectivity index (χ1) is 6.38. The fourth-order valence-electron chi connectivity index (χ4n) is 1.22. The Kier molecular flexibility index (Phi) is 2.47. The molecule has 1 aliphatic rings. The molecule has 1 heterocycles. The maximum atomic E-state index is 5.61. The Hall–Kier alpha value is -1.06. The summed E-state index contributed by atoms with van der Waals surface area (Å²) in [6, 6.07) is 7.86. The van der Waals surface area contributed by atoms with Crippen LogP contribution < -0.4 is 10.5 Å². The molecule has 13 heavy (non-hydrogen) atoms. The van der Waals surface area contributed by atoms with Crippen molar-refractivity contribution in [1.29, 1.82) is 0 Å². The highest BCUT2D eigenvalue weighted by Crippen LogP contribution is 2.17. The summed E-state index contributed by atoms with van der Waals surface area (Å²) < 4.78 is 10.6. The summed E-state index contributed by atoms with van der Waals surface area (Å²) in [5.41, 5.74) is 6.61. The number of nitrogens with two attached hydrogens (primary N) is 1. The third kappa shape index (κ3) is 1.99. The third-order valence-corrected chi connectivity index (χ3v) is 2.04. The molecule has 0 amide bonds. The Morgan fingerprint density at radius 1 is 1.46 bits per heavy atom. The van der Waals surface area contributed by atoms with Crippen LogP contribution in [-0.4, -0.2) is 19.3 Å². The molecule has 70 valence electrons. The van der Waals surface area contributed by atoms with E-state index < -0.39 is 0 Å². The van der Waals surface area contributed by atoms with Crippen molar-refractivity contribution in [2.45, 2.75) is 12.6 Å². The van der Waals surface area contributed by atoms with Gasteiger partial charge < -0.3 is 15.2 Å². The smallest absolute Gasteiger partial charge is 0.145 e. The van der Waals surface area contributed by atoms with Crippen LogP contribution in [0.1, 0.15) is 5.56 Å². The molecule has 2 N–H and O–H groups in total. The zero-order valence-corrected chi connectivity index (χ0v) is 7.40. The molecule has 3 nitrogen and oxygen atoms in total. The highest BCUT2D eigenvalue weighted by Gasteiger charge is 2.19.